The topological polar surface area (TPSA) is 104 Å². The summed E-state index contributed by atoms with van der Waals surface area (Å²) in [6.07, 6.45) is 0. The van der Waals surface area contributed by atoms with Gasteiger partial charge in [0.25, 0.3) is 11.6 Å². The fourth-order valence-electron chi connectivity index (χ4n) is 1.86. The Kier molecular flexibility index (Phi) is 3.74. The number of nitrogens with zero attached hydrogens (tertiary/aromatic N) is 2. The van der Waals surface area contributed by atoms with E-state index in [9.17, 15) is 24.0 Å². The fourth-order valence-corrected chi connectivity index (χ4v) is 3.09. The smallest absolute Gasteiger partial charge is 0.270 e. The van der Waals surface area contributed by atoms with Gasteiger partial charge in [0.2, 0.25) is 0 Å². The van der Waals surface area contributed by atoms with Gasteiger partial charge < -0.3 is 4.90 Å². The second-order valence-electron chi connectivity index (χ2n) is 4.31. The van der Waals surface area contributed by atoms with Crippen LogP contribution in [0.2, 0.25) is 0 Å². The highest BCUT2D eigenvalue weighted by atomic mass is 32.3. The zero-order valence-electron chi connectivity index (χ0n) is 10.1. The van der Waals surface area contributed by atoms with Gasteiger partial charge in [-0.15, -0.1) is 0 Å². The van der Waals surface area contributed by atoms with E-state index < -0.39 is 15.5 Å². The van der Waals surface area contributed by atoms with Crippen LogP contribution in [0.15, 0.2) is 24.3 Å². The van der Waals surface area contributed by atoms with E-state index in [-0.39, 0.29) is 41.8 Å². The number of nitro groups is 1. The van der Waals surface area contributed by atoms with Crippen molar-refractivity contribution in [2.75, 3.05) is 24.6 Å². The van der Waals surface area contributed by atoms with Crippen LogP contribution in [0.3, 0.4) is 0 Å². The third-order valence-corrected chi connectivity index (χ3v) is 4.64. The Bertz CT molecular complexity index is 510. The Balaban J connectivity index is 2.12. The number of hydrogen-bond acceptors (Lipinski definition) is 5. The minimum Gasteiger partial charge on any atom is -0.335 e. The molecule has 0 radical (unpaired) electrons. The third-order valence-electron chi connectivity index (χ3n) is 2.97. The highest BCUT2D eigenvalue weighted by Crippen LogP contribution is 2.40. The van der Waals surface area contributed by atoms with Crippen molar-refractivity contribution < 1.29 is 18.8 Å². The Labute approximate surface area is 111 Å². The van der Waals surface area contributed by atoms with Crippen molar-refractivity contribution in [3.05, 3.63) is 39.9 Å². The summed E-state index contributed by atoms with van der Waals surface area (Å²) < 4.78 is 18.9. The quantitative estimate of drug-likeness (QED) is 0.637. The van der Waals surface area contributed by atoms with Gasteiger partial charge in [-0.2, -0.15) is 10.6 Å². The van der Waals surface area contributed by atoms with E-state index in [2.05, 4.69) is 0 Å². The molecule has 1 fully saturated rings. The lowest BCUT2D eigenvalue weighted by molar-refractivity contribution is -0.384. The van der Waals surface area contributed by atoms with Crippen molar-refractivity contribution in [2.45, 2.75) is 0 Å². The molecule has 0 bridgehead atoms. The summed E-state index contributed by atoms with van der Waals surface area (Å²) in [5, 5.41) is 10.7. The van der Waals surface area contributed by atoms with Crippen LogP contribution >= 0.6 is 10.6 Å². The number of non-ortho nitro benzene ring substituents is 1. The molecule has 0 atom stereocenters. The van der Waals surface area contributed by atoms with Gasteiger partial charge in [-0.3, -0.25) is 24.0 Å². The highest BCUT2D eigenvalue weighted by Gasteiger charge is 2.26. The maximum atomic E-state index is 12.1. The van der Waals surface area contributed by atoms with Crippen molar-refractivity contribution in [2.24, 2.45) is 0 Å². The van der Waals surface area contributed by atoms with Gasteiger partial charge in [0.1, 0.15) is 0 Å². The molecule has 0 aromatic heterocycles. The van der Waals surface area contributed by atoms with Crippen LogP contribution in [-0.2, 0) is 0 Å². The van der Waals surface area contributed by atoms with Crippen LogP contribution in [0.4, 0.5) is 5.69 Å². The molecule has 0 unspecified atom stereocenters. The molecule has 104 valence electrons. The number of nitro benzene ring substituents is 1. The van der Waals surface area contributed by atoms with Crippen molar-refractivity contribution in [3.63, 3.8) is 0 Å². The molecule has 1 amide bonds. The first-order chi connectivity index (χ1) is 8.89. The van der Waals surface area contributed by atoms with Crippen molar-refractivity contribution >= 4 is 22.2 Å². The van der Waals surface area contributed by atoms with E-state index >= 15 is 0 Å². The van der Waals surface area contributed by atoms with E-state index in [4.69, 9.17) is 0 Å². The summed E-state index contributed by atoms with van der Waals surface area (Å²) >= 11 is 0. The summed E-state index contributed by atoms with van der Waals surface area (Å²) in [5.41, 5.74) is 0.111. The molecule has 0 spiro atoms. The maximum Gasteiger partial charge on any atom is 0.270 e. The van der Waals surface area contributed by atoms with Gasteiger partial charge in [-0.1, -0.05) is 6.07 Å². The molecule has 7 nitrogen and oxygen atoms in total. The van der Waals surface area contributed by atoms with Crippen LogP contribution in [-0.4, -0.2) is 49.4 Å². The van der Waals surface area contributed by atoms with Gasteiger partial charge >= 0.3 is 0 Å². The first kappa shape index (κ1) is 13.8. The lowest BCUT2D eigenvalue weighted by Crippen LogP contribution is -2.42. The van der Waals surface area contributed by atoms with Gasteiger partial charge in [0.15, 0.2) is 0 Å². The lowest BCUT2D eigenvalue weighted by Gasteiger charge is -2.40. The zero-order valence-corrected chi connectivity index (χ0v) is 10.9. The molecule has 1 heterocycles. The Morgan fingerprint density at radius 2 is 1.95 bits per heavy atom. The molecule has 19 heavy (non-hydrogen) atoms. The van der Waals surface area contributed by atoms with Crippen LogP contribution in [0.5, 0.6) is 0 Å². The van der Waals surface area contributed by atoms with Gasteiger partial charge in [0.05, 0.1) is 16.4 Å². The molecular formula is C11H14N2O5S. The minimum atomic E-state index is -2.56. The molecule has 1 saturated heterocycles. The number of hydrogen-bond donors (Lipinski definition) is 2. The standard InChI is InChI=1S/C11H14N2O5S/c14-11(12-4-6-19(17,18)7-5-12)9-2-1-3-10(8-9)13(15)16/h1-3,8,17-18H,4-7H2. The highest BCUT2D eigenvalue weighted by molar-refractivity contribution is 8.24. The van der Waals surface area contributed by atoms with Crippen LogP contribution in [0.1, 0.15) is 10.4 Å². The normalized spacial score (nSPS) is 19.8. The first-order valence-corrected chi connectivity index (χ1v) is 7.55. The first-order valence-electron chi connectivity index (χ1n) is 5.66. The minimum absolute atomic E-state index is 0.132. The van der Waals surface area contributed by atoms with Crippen LogP contribution in [0, 0.1) is 10.1 Å². The van der Waals surface area contributed by atoms with Crippen molar-refractivity contribution in [3.8, 4) is 0 Å². The SMILES string of the molecule is O=C(c1cccc([N+](=O)[O-])c1)N1CCS(O)(O)CC1. The molecule has 1 aromatic rings. The summed E-state index contributed by atoms with van der Waals surface area (Å²) in [4.78, 5) is 23.7. The average Bonchev–Trinajstić information content (AvgIpc) is 2.38. The predicted octanol–water partition coefficient (Wildman–Crippen LogP) is 1.80. The predicted molar refractivity (Wildman–Crippen MR) is 71.6 cm³/mol. The zero-order chi connectivity index (χ0) is 14.0. The number of rotatable bonds is 2. The molecular weight excluding hydrogens is 272 g/mol. The summed E-state index contributed by atoms with van der Waals surface area (Å²) in [7, 11) is -2.56. The Hall–Kier alpha value is -1.64. The molecule has 2 rings (SSSR count). The van der Waals surface area contributed by atoms with E-state index in [1.807, 2.05) is 0 Å². The molecule has 1 aliphatic heterocycles. The number of benzene rings is 1. The number of amides is 1. The van der Waals surface area contributed by atoms with Gasteiger partial charge in [0, 0.05) is 30.8 Å². The van der Waals surface area contributed by atoms with Crippen molar-refractivity contribution in [1.82, 2.24) is 4.90 Å². The molecule has 1 aliphatic rings. The van der Waals surface area contributed by atoms with Gasteiger partial charge in [-0.05, 0) is 6.07 Å². The summed E-state index contributed by atoms with van der Waals surface area (Å²) in [6, 6.07) is 5.53. The molecule has 0 saturated carbocycles. The summed E-state index contributed by atoms with van der Waals surface area (Å²) in [6.45, 7) is 0.508. The number of carbonyl (C=O) groups is 1. The second-order valence-corrected chi connectivity index (χ2v) is 6.73. The third kappa shape index (κ3) is 3.22. The van der Waals surface area contributed by atoms with E-state index in [0.717, 1.165) is 0 Å². The molecule has 8 heteroatoms. The van der Waals surface area contributed by atoms with Crippen LogP contribution < -0.4 is 0 Å². The van der Waals surface area contributed by atoms with Crippen molar-refractivity contribution in [1.29, 1.82) is 0 Å². The molecule has 0 aliphatic carbocycles. The molecule has 1 aromatic carbocycles. The van der Waals surface area contributed by atoms with E-state index in [1.165, 1.54) is 29.2 Å². The monoisotopic (exact) mass is 286 g/mol. The largest absolute Gasteiger partial charge is 0.335 e. The number of carbonyl (C=O) groups excluding carboxylic acids is 1. The second kappa shape index (κ2) is 5.16. The van der Waals surface area contributed by atoms with E-state index in [0.29, 0.717) is 0 Å². The fraction of sp³-hybridized carbons (Fsp3) is 0.364. The summed E-state index contributed by atoms with van der Waals surface area (Å²) in [5.74, 6) is 0.0000268. The van der Waals surface area contributed by atoms with Gasteiger partial charge in [-0.25, -0.2) is 0 Å². The average molecular weight is 286 g/mol. The lowest BCUT2D eigenvalue weighted by atomic mass is 10.1. The van der Waals surface area contributed by atoms with Crippen LogP contribution in [0.25, 0.3) is 0 Å². The Morgan fingerprint density at radius 1 is 1.32 bits per heavy atom. The Morgan fingerprint density at radius 3 is 2.53 bits per heavy atom. The van der Waals surface area contributed by atoms with E-state index in [1.54, 1.807) is 0 Å². The molecule has 2 N–H and O–H groups in total. The maximum absolute atomic E-state index is 12.1.